The van der Waals surface area contributed by atoms with Crippen molar-refractivity contribution in [2.24, 2.45) is 5.41 Å². The van der Waals surface area contributed by atoms with E-state index in [0.29, 0.717) is 12.2 Å². The Kier molecular flexibility index (Phi) is 13.6. The summed E-state index contributed by atoms with van der Waals surface area (Å²) in [5.41, 5.74) is 1.72. The maximum Gasteiger partial charge on any atom is 0.309 e. The second-order valence-corrected chi connectivity index (χ2v) is 13.3. The lowest BCUT2D eigenvalue weighted by Crippen LogP contribution is -2.34. The predicted molar refractivity (Wildman–Crippen MR) is 155 cm³/mol. The summed E-state index contributed by atoms with van der Waals surface area (Å²) in [6.07, 6.45) is 16.1. The molecule has 0 saturated heterocycles. The predicted octanol–water partition coefficient (Wildman–Crippen LogP) is 10.1. The Balaban J connectivity index is 3.28. The van der Waals surface area contributed by atoms with Gasteiger partial charge in [-0.3, -0.25) is 4.79 Å². The van der Waals surface area contributed by atoms with E-state index in [4.69, 9.17) is 0 Å². The van der Waals surface area contributed by atoms with Crippen molar-refractivity contribution < 1.29 is 15.0 Å². The molecule has 0 aliphatic carbocycles. The second-order valence-electron chi connectivity index (χ2n) is 13.3. The first-order valence-corrected chi connectivity index (χ1v) is 14.9. The summed E-state index contributed by atoms with van der Waals surface area (Å²) in [7, 11) is 0. The lowest BCUT2D eigenvalue weighted by Gasteiger charge is -2.33. The fourth-order valence-corrected chi connectivity index (χ4v) is 5.41. The molecule has 0 bridgehead atoms. The quantitative estimate of drug-likeness (QED) is 0.208. The zero-order valence-electron chi connectivity index (χ0n) is 25.1. The highest BCUT2D eigenvalue weighted by molar-refractivity contribution is 5.75. The van der Waals surface area contributed by atoms with Crippen molar-refractivity contribution in [3.63, 3.8) is 0 Å². The molecule has 0 atom stereocenters. The lowest BCUT2D eigenvalue weighted by atomic mass is 9.71. The Morgan fingerprint density at radius 3 is 1.36 bits per heavy atom. The van der Waals surface area contributed by atoms with Gasteiger partial charge in [-0.15, -0.1) is 0 Å². The zero-order chi connectivity index (χ0) is 27.4. The molecule has 0 aliphatic rings. The summed E-state index contributed by atoms with van der Waals surface area (Å²) >= 11 is 0. The summed E-state index contributed by atoms with van der Waals surface area (Å²) in [5, 5.41) is 21.8. The third-order valence-electron chi connectivity index (χ3n) is 7.80. The van der Waals surface area contributed by atoms with Crippen LogP contribution in [0, 0.1) is 5.41 Å². The monoisotopic (exact) mass is 502 g/mol. The van der Waals surface area contributed by atoms with Gasteiger partial charge in [-0.25, -0.2) is 0 Å². The summed E-state index contributed by atoms with van der Waals surface area (Å²) < 4.78 is 0. The van der Waals surface area contributed by atoms with Crippen molar-refractivity contribution in [2.45, 2.75) is 163 Å². The van der Waals surface area contributed by atoms with Crippen molar-refractivity contribution in [1.82, 2.24) is 0 Å². The molecule has 3 heteroatoms. The van der Waals surface area contributed by atoms with E-state index in [9.17, 15) is 15.0 Å². The summed E-state index contributed by atoms with van der Waals surface area (Å²) in [6, 6.07) is 4.18. The SMILES string of the molecule is CCCCCCCCC(CCCCCCCC)(Cc1cc(C(C)(C)C)c(O)c(C(C)(C)C)c1)C(=O)O. The largest absolute Gasteiger partial charge is 0.507 e. The van der Waals surface area contributed by atoms with E-state index < -0.39 is 11.4 Å². The minimum atomic E-state index is -0.739. The molecule has 0 spiro atoms. The lowest BCUT2D eigenvalue weighted by molar-refractivity contribution is -0.150. The Labute approximate surface area is 223 Å². The van der Waals surface area contributed by atoms with Gasteiger partial charge in [-0.05, 0) is 46.8 Å². The molecule has 0 unspecified atom stereocenters. The van der Waals surface area contributed by atoms with Crippen LogP contribution in [0.4, 0.5) is 0 Å². The summed E-state index contributed by atoms with van der Waals surface area (Å²) in [5.74, 6) is -0.279. The van der Waals surface area contributed by atoms with E-state index in [-0.39, 0.29) is 10.8 Å². The van der Waals surface area contributed by atoms with E-state index in [1.807, 2.05) is 0 Å². The Hall–Kier alpha value is -1.51. The fraction of sp³-hybridized carbons (Fsp3) is 0.788. The molecule has 1 rings (SSSR count). The average molecular weight is 503 g/mol. The molecule has 0 amide bonds. The second kappa shape index (κ2) is 15.0. The van der Waals surface area contributed by atoms with E-state index in [2.05, 4.69) is 67.5 Å². The first-order valence-electron chi connectivity index (χ1n) is 14.9. The third kappa shape index (κ3) is 10.5. The minimum absolute atomic E-state index is 0.218. The molecule has 208 valence electrons. The topological polar surface area (TPSA) is 57.5 Å². The maximum absolute atomic E-state index is 12.9. The van der Waals surface area contributed by atoms with E-state index in [1.165, 1.54) is 51.4 Å². The van der Waals surface area contributed by atoms with Crippen molar-refractivity contribution in [3.8, 4) is 5.75 Å². The normalized spacial score (nSPS) is 12.8. The smallest absolute Gasteiger partial charge is 0.309 e. The van der Waals surface area contributed by atoms with Crippen molar-refractivity contribution in [1.29, 1.82) is 0 Å². The van der Waals surface area contributed by atoms with E-state index in [1.54, 1.807) is 0 Å². The molecule has 0 heterocycles. The highest BCUT2D eigenvalue weighted by Gasteiger charge is 2.38. The Morgan fingerprint density at radius 1 is 0.667 bits per heavy atom. The zero-order valence-corrected chi connectivity index (χ0v) is 25.1. The molecule has 2 N–H and O–H groups in total. The number of aromatic hydroxyl groups is 1. The maximum atomic E-state index is 12.9. The first kappa shape index (κ1) is 32.5. The third-order valence-corrected chi connectivity index (χ3v) is 7.80. The van der Waals surface area contributed by atoms with Crippen LogP contribution in [-0.4, -0.2) is 16.2 Å². The van der Waals surface area contributed by atoms with Crippen LogP contribution in [-0.2, 0) is 22.0 Å². The van der Waals surface area contributed by atoms with Crippen LogP contribution in [0.15, 0.2) is 12.1 Å². The van der Waals surface area contributed by atoms with Gasteiger partial charge in [0.2, 0.25) is 0 Å². The van der Waals surface area contributed by atoms with E-state index in [0.717, 1.165) is 55.2 Å². The first-order chi connectivity index (χ1) is 16.8. The molecule has 1 aromatic rings. The van der Waals surface area contributed by atoms with Gasteiger partial charge in [0.05, 0.1) is 5.41 Å². The van der Waals surface area contributed by atoms with Crippen molar-refractivity contribution in [2.75, 3.05) is 0 Å². The number of aliphatic carboxylic acids is 1. The van der Waals surface area contributed by atoms with Gasteiger partial charge >= 0.3 is 5.97 Å². The van der Waals surface area contributed by atoms with Gasteiger partial charge < -0.3 is 10.2 Å². The molecule has 1 aromatic carbocycles. The average Bonchev–Trinajstić information content (AvgIpc) is 2.77. The standard InChI is InChI=1S/C33H58O3/c1-9-11-13-15-17-19-21-33(30(35)36,22-20-18-16-14-12-10-2)25-26-23-27(31(3,4)5)29(34)28(24-26)32(6,7)8/h23-24,34H,9-22,25H2,1-8H3,(H,35,36). The number of hydrogen-bond donors (Lipinski definition) is 2. The van der Waals surface area contributed by atoms with Crippen LogP contribution in [0.2, 0.25) is 0 Å². The number of unbranched alkanes of at least 4 members (excludes halogenated alkanes) is 10. The highest BCUT2D eigenvalue weighted by Crippen LogP contribution is 2.43. The number of carboxylic acid groups (broad SMARTS) is 1. The molecule has 0 radical (unpaired) electrons. The molecule has 36 heavy (non-hydrogen) atoms. The van der Waals surface area contributed by atoms with Gasteiger partial charge in [-0.2, -0.15) is 0 Å². The van der Waals surface area contributed by atoms with Gasteiger partial charge in [0, 0.05) is 0 Å². The van der Waals surface area contributed by atoms with Crippen LogP contribution < -0.4 is 0 Å². The number of phenolic OH excluding ortho intramolecular Hbond substituents is 1. The number of benzene rings is 1. The van der Waals surface area contributed by atoms with Crippen molar-refractivity contribution >= 4 is 5.97 Å². The van der Waals surface area contributed by atoms with Gasteiger partial charge in [0.15, 0.2) is 0 Å². The number of phenols is 1. The van der Waals surface area contributed by atoms with Crippen LogP contribution >= 0.6 is 0 Å². The van der Waals surface area contributed by atoms with E-state index >= 15 is 0 Å². The molecule has 0 saturated carbocycles. The Bertz CT molecular complexity index is 728. The number of carboxylic acids is 1. The minimum Gasteiger partial charge on any atom is -0.507 e. The van der Waals surface area contributed by atoms with Crippen LogP contribution in [0.3, 0.4) is 0 Å². The number of hydrogen-bond acceptors (Lipinski definition) is 2. The fourth-order valence-electron chi connectivity index (χ4n) is 5.41. The van der Waals surface area contributed by atoms with Gasteiger partial charge in [0.1, 0.15) is 5.75 Å². The summed E-state index contributed by atoms with van der Waals surface area (Å²) in [6.45, 7) is 17.2. The number of rotatable bonds is 17. The molecular formula is C33H58O3. The van der Waals surface area contributed by atoms with Crippen LogP contribution in [0.1, 0.15) is 162 Å². The van der Waals surface area contributed by atoms with Gasteiger partial charge in [0.25, 0.3) is 0 Å². The molecular weight excluding hydrogens is 444 g/mol. The van der Waals surface area contributed by atoms with Crippen LogP contribution in [0.25, 0.3) is 0 Å². The van der Waals surface area contributed by atoms with Crippen molar-refractivity contribution in [3.05, 3.63) is 28.8 Å². The van der Waals surface area contributed by atoms with Gasteiger partial charge in [-0.1, -0.05) is 145 Å². The molecule has 3 nitrogen and oxygen atoms in total. The van der Waals surface area contributed by atoms with Crippen LogP contribution in [0.5, 0.6) is 5.75 Å². The number of carbonyl (C=O) groups is 1. The molecule has 0 aromatic heterocycles. The summed E-state index contributed by atoms with van der Waals surface area (Å²) in [4.78, 5) is 12.9. The molecule has 0 aliphatic heterocycles. The Morgan fingerprint density at radius 2 is 1.03 bits per heavy atom. The molecule has 0 fully saturated rings. The highest BCUT2D eigenvalue weighted by atomic mass is 16.4.